The average molecular weight is 191 g/mol. The fraction of sp³-hybridized carbons (Fsp3) is 0. The standard InChI is InChI=1S/C7H5NO.C3H4O2/c9-6-8-7-4-2-1-3-5-7;1-2-3(4)5/h1-5H;2H,1H2,(H,4,5). The van der Waals surface area contributed by atoms with Gasteiger partial charge >= 0.3 is 5.97 Å². The van der Waals surface area contributed by atoms with Crippen LogP contribution < -0.4 is 0 Å². The zero-order chi connectivity index (χ0) is 10.8. The zero-order valence-corrected chi connectivity index (χ0v) is 7.38. The lowest BCUT2D eigenvalue weighted by molar-refractivity contribution is -0.131. The van der Waals surface area contributed by atoms with Gasteiger partial charge in [0.2, 0.25) is 6.08 Å². The molecule has 14 heavy (non-hydrogen) atoms. The van der Waals surface area contributed by atoms with Crippen LogP contribution >= 0.6 is 0 Å². The van der Waals surface area contributed by atoms with E-state index in [0.717, 1.165) is 6.08 Å². The van der Waals surface area contributed by atoms with Crippen LogP contribution in [0.4, 0.5) is 5.69 Å². The van der Waals surface area contributed by atoms with Crippen molar-refractivity contribution >= 4 is 17.7 Å². The minimum absolute atomic E-state index is 0.646. The number of nitrogens with zero attached hydrogens (tertiary/aromatic N) is 1. The van der Waals surface area contributed by atoms with E-state index in [9.17, 15) is 9.59 Å². The molecule has 0 fully saturated rings. The smallest absolute Gasteiger partial charge is 0.327 e. The van der Waals surface area contributed by atoms with Gasteiger partial charge in [-0.25, -0.2) is 9.59 Å². The van der Waals surface area contributed by atoms with E-state index in [1.165, 1.54) is 6.08 Å². The SMILES string of the molecule is C=CC(=O)O.O=C=Nc1ccccc1. The Balaban J connectivity index is 0.000000292. The second-order valence-corrected chi connectivity index (χ2v) is 2.08. The van der Waals surface area contributed by atoms with E-state index in [-0.39, 0.29) is 0 Å². The molecule has 0 saturated carbocycles. The topological polar surface area (TPSA) is 66.7 Å². The molecule has 0 unspecified atom stereocenters. The molecule has 1 N–H and O–H groups in total. The number of aliphatic carboxylic acids is 1. The number of rotatable bonds is 2. The molecule has 0 atom stereocenters. The Hall–Kier alpha value is -2.19. The Morgan fingerprint density at radius 1 is 1.43 bits per heavy atom. The highest BCUT2D eigenvalue weighted by Gasteiger charge is 1.80. The fourth-order valence-corrected chi connectivity index (χ4v) is 0.555. The maximum absolute atomic E-state index is 9.68. The molecule has 0 aliphatic rings. The van der Waals surface area contributed by atoms with Crippen LogP contribution in [0.5, 0.6) is 0 Å². The van der Waals surface area contributed by atoms with Crippen molar-refractivity contribution in [2.24, 2.45) is 4.99 Å². The zero-order valence-electron chi connectivity index (χ0n) is 7.38. The largest absolute Gasteiger partial charge is 0.478 e. The summed E-state index contributed by atoms with van der Waals surface area (Å²) >= 11 is 0. The highest BCUT2D eigenvalue weighted by Crippen LogP contribution is 2.06. The average Bonchev–Trinajstić information content (AvgIpc) is 2.21. The first-order valence-electron chi connectivity index (χ1n) is 3.69. The van der Waals surface area contributed by atoms with Gasteiger partial charge in [0.05, 0.1) is 5.69 Å². The predicted molar refractivity (Wildman–Crippen MR) is 52.1 cm³/mol. The molecule has 0 aliphatic carbocycles. The summed E-state index contributed by atoms with van der Waals surface area (Å²) in [4.78, 5) is 22.3. The van der Waals surface area contributed by atoms with Crippen LogP contribution in [0.3, 0.4) is 0 Å². The molecule has 4 nitrogen and oxygen atoms in total. The number of carbonyl (C=O) groups excluding carboxylic acids is 1. The summed E-state index contributed by atoms with van der Waals surface area (Å²) in [5.41, 5.74) is 0.646. The van der Waals surface area contributed by atoms with E-state index >= 15 is 0 Å². The van der Waals surface area contributed by atoms with Gasteiger partial charge in [-0.05, 0) is 12.1 Å². The normalized spacial score (nSPS) is 7.43. The number of hydrogen-bond donors (Lipinski definition) is 1. The monoisotopic (exact) mass is 191 g/mol. The fourth-order valence-electron chi connectivity index (χ4n) is 0.555. The second-order valence-electron chi connectivity index (χ2n) is 2.08. The van der Waals surface area contributed by atoms with Crippen LogP contribution in [0, 0.1) is 0 Å². The van der Waals surface area contributed by atoms with Crippen molar-refractivity contribution < 1.29 is 14.7 Å². The number of isocyanates is 1. The summed E-state index contributed by atoms with van der Waals surface area (Å²) in [5, 5.41) is 7.60. The van der Waals surface area contributed by atoms with Gasteiger partial charge in [-0.15, -0.1) is 0 Å². The van der Waals surface area contributed by atoms with Crippen LogP contribution in [0.25, 0.3) is 0 Å². The molecule has 72 valence electrons. The number of carbonyl (C=O) groups is 1. The second kappa shape index (κ2) is 7.46. The number of carboxylic acid groups (broad SMARTS) is 1. The summed E-state index contributed by atoms with van der Waals surface area (Å²) in [5.74, 6) is -0.981. The Labute approximate surface area is 81.2 Å². The number of aliphatic imine (C=N–C) groups is 1. The molecule has 1 aromatic carbocycles. The van der Waals surface area contributed by atoms with Gasteiger partial charge in [0, 0.05) is 6.08 Å². The summed E-state index contributed by atoms with van der Waals surface area (Å²) < 4.78 is 0. The van der Waals surface area contributed by atoms with E-state index in [1.807, 2.05) is 18.2 Å². The lowest BCUT2D eigenvalue weighted by Gasteiger charge is -1.83. The van der Waals surface area contributed by atoms with E-state index in [0.29, 0.717) is 5.69 Å². The molecule has 0 bridgehead atoms. The highest BCUT2D eigenvalue weighted by molar-refractivity contribution is 5.78. The summed E-state index contributed by atoms with van der Waals surface area (Å²) in [7, 11) is 0. The molecule has 0 spiro atoms. The molecule has 4 heteroatoms. The summed E-state index contributed by atoms with van der Waals surface area (Å²) in [6, 6.07) is 8.98. The van der Waals surface area contributed by atoms with Crippen molar-refractivity contribution in [1.82, 2.24) is 0 Å². The molecule has 0 aliphatic heterocycles. The van der Waals surface area contributed by atoms with Gasteiger partial charge in [0.25, 0.3) is 0 Å². The van der Waals surface area contributed by atoms with Crippen LogP contribution in [0.2, 0.25) is 0 Å². The van der Waals surface area contributed by atoms with Gasteiger partial charge in [-0.3, -0.25) is 0 Å². The Morgan fingerprint density at radius 3 is 2.29 bits per heavy atom. The molecule has 0 heterocycles. The number of benzene rings is 1. The minimum atomic E-state index is -0.981. The molecule has 1 aromatic rings. The van der Waals surface area contributed by atoms with Gasteiger partial charge in [-0.2, -0.15) is 4.99 Å². The maximum Gasteiger partial charge on any atom is 0.327 e. The molecule has 1 rings (SSSR count). The van der Waals surface area contributed by atoms with Crippen LogP contribution in [0.15, 0.2) is 48.0 Å². The lowest BCUT2D eigenvalue weighted by atomic mass is 10.3. The van der Waals surface area contributed by atoms with E-state index in [4.69, 9.17) is 5.11 Å². The predicted octanol–water partition coefficient (Wildman–Crippen LogP) is 1.91. The van der Waals surface area contributed by atoms with Crippen molar-refractivity contribution in [2.75, 3.05) is 0 Å². The van der Waals surface area contributed by atoms with Gasteiger partial charge in [0.15, 0.2) is 0 Å². The quantitative estimate of drug-likeness (QED) is 0.441. The molecule has 0 aromatic heterocycles. The van der Waals surface area contributed by atoms with Gasteiger partial charge in [0.1, 0.15) is 0 Å². The molecule has 0 saturated heterocycles. The summed E-state index contributed by atoms with van der Waals surface area (Å²) in [6.45, 7) is 2.96. The Morgan fingerprint density at radius 2 is 1.93 bits per heavy atom. The Bertz CT molecular complexity index is 340. The molecule has 0 radical (unpaired) electrons. The molecular formula is C10H9NO3. The minimum Gasteiger partial charge on any atom is -0.478 e. The third-order valence-electron chi connectivity index (χ3n) is 1.11. The van der Waals surface area contributed by atoms with Crippen LogP contribution in [-0.4, -0.2) is 17.2 Å². The number of hydrogen-bond acceptors (Lipinski definition) is 3. The molecule has 0 amide bonds. The van der Waals surface area contributed by atoms with Crippen molar-refractivity contribution in [3.63, 3.8) is 0 Å². The van der Waals surface area contributed by atoms with Crippen LogP contribution in [-0.2, 0) is 9.59 Å². The van der Waals surface area contributed by atoms with Crippen molar-refractivity contribution in [2.45, 2.75) is 0 Å². The third kappa shape index (κ3) is 6.52. The van der Waals surface area contributed by atoms with Gasteiger partial charge < -0.3 is 5.11 Å². The third-order valence-corrected chi connectivity index (χ3v) is 1.11. The van der Waals surface area contributed by atoms with Crippen LogP contribution in [0.1, 0.15) is 0 Å². The first-order chi connectivity index (χ1) is 6.70. The first-order valence-corrected chi connectivity index (χ1v) is 3.69. The van der Waals surface area contributed by atoms with Crippen molar-refractivity contribution in [3.8, 4) is 0 Å². The lowest BCUT2D eigenvalue weighted by Crippen LogP contribution is -1.82. The number of carboxylic acids is 1. The van der Waals surface area contributed by atoms with E-state index < -0.39 is 5.97 Å². The number of para-hydroxylation sites is 1. The van der Waals surface area contributed by atoms with Crippen molar-refractivity contribution in [3.05, 3.63) is 43.0 Å². The van der Waals surface area contributed by atoms with E-state index in [2.05, 4.69) is 11.6 Å². The maximum atomic E-state index is 9.68. The Kier molecular flexibility index (Phi) is 6.29. The van der Waals surface area contributed by atoms with Crippen molar-refractivity contribution in [1.29, 1.82) is 0 Å². The molecular weight excluding hydrogens is 182 g/mol. The van der Waals surface area contributed by atoms with E-state index in [1.54, 1.807) is 12.1 Å². The highest BCUT2D eigenvalue weighted by atomic mass is 16.4. The first kappa shape index (κ1) is 11.8. The van der Waals surface area contributed by atoms with Gasteiger partial charge in [-0.1, -0.05) is 24.8 Å². The summed E-state index contributed by atoms with van der Waals surface area (Å²) in [6.07, 6.45) is 2.29.